The van der Waals surface area contributed by atoms with E-state index < -0.39 is 18.6 Å². The lowest BCUT2D eigenvalue weighted by Gasteiger charge is -2.14. The van der Waals surface area contributed by atoms with E-state index in [0.717, 1.165) is 4.90 Å². The van der Waals surface area contributed by atoms with E-state index in [1.807, 2.05) is 0 Å². The summed E-state index contributed by atoms with van der Waals surface area (Å²) in [6.07, 6.45) is -4.93. The molecule has 1 heterocycles. The van der Waals surface area contributed by atoms with Gasteiger partial charge in [0.05, 0.1) is 0 Å². The number of likely N-dealkylation sites (N-methyl/N-ethyl adjacent to an activating group) is 1. The van der Waals surface area contributed by atoms with Crippen molar-refractivity contribution in [3.05, 3.63) is 0 Å². The van der Waals surface area contributed by atoms with Crippen LogP contribution in [0.15, 0.2) is 0 Å². The van der Waals surface area contributed by atoms with Crippen LogP contribution in [-0.2, 0) is 4.79 Å². The van der Waals surface area contributed by atoms with Crippen molar-refractivity contribution in [3.63, 3.8) is 0 Å². The third-order valence-corrected chi connectivity index (χ3v) is 2.32. The summed E-state index contributed by atoms with van der Waals surface area (Å²) < 4.78 is 35.4. The quantitative estimate of drug-likeness (QED) is 0.551. The zero-order valence-electron chi connectivity index (χ0n) is 8.88. The van der Waals surface area contributed by atoms with Gasteiger partial charge in [0.25, 0.3) is 0 Å². The monoisotopic (exact) mass is 238 g/mol. The highest BCUT2D eigenvalue weighted by molar-refractivity contribution is 6.01. The fourth-order valence-corrected chi connectivity index (χ4v) is 1.48. The SMILES string of the molecule is CN1CC(=O)N(CCCCC(F)(F)F)C1=O. The summed E-state index contributed by atoms with van der Waals surface area (Å²) >= 11 is 0. The van der Waals surface area contributed by atoms with Crippen LogP contribution in [0.4, 0.5) is 18.0 Å². The Balaban J connectivity index is 2.28. The van der Waals surface area contributed by atoms with E-state index in [-0.39, 0.29) is 31.8 Å². The van der Waals surface area contributed by atoms with E-state index in [4.69, 9.17) is 0 Å². The van der Waals surface area contributed by atoms with Crippen molar-refractivity contribution in [2.75, 3.05) is 20.1 Å². The largest absolute Gasteiger partial charge is 0.389 e. The second kappa shape index (κ2) is 4.71. The number of urea groups is 1. The number of hydrogen-bond donors (Lipinski definition) is 0. The fraction of sp³-hybridized carbons (Fsp3) is 0.778. The normalized spacial score (nSPS) is 17.5. The minimum Gasteiger partial charge on any atom is -0.318 e. The van der Waals surface area contributed by atoms with Crippen molar-refractivity contribution < 1.29 is 22.8 Å². The molecule has 1 aliphatic heterocycles. The first-order chi connectivity index (χ1) is 7.31. The van der Waals surface area contributed by atoms with Gasteiger partial charge in [0.1, 0.15) is 6.54 Å². The molecule has 0 unspecified atom stereocenters. The highest BCUT2D eigenvalue weighted by atomic mass is 19.4. The molecule has 0 radical (unpaired) electrons. The average molecular weight is 238 g/mol. The van der Waals surface area contributed by atoms with Crippen LogP contribution < -0.4 is 0 Å². The lowest BCUT2D eigenvalue weighted by molar-refractivity contribution is -0.135. The highest BCUT2D eigenvalue weighted by Crippen LogP contribution is 2.22. The summed E-state index contributed by atoms with van der Waals surface area (Å²) in [5.74, 6) is -0.348. The van der Waals surface area contributed by atoms with E-state index >= 15 is 0 Å². The summed E-state index contributed by atoms with van der Waals surface area (Å²) in [6, 6.07) is -0.433. The second-order valence-corrected chi connectivity index (χ2v) is 3.76. The summed E-state index contributed by atoms with van der Waals surface area (Å²) in [7, 11) is 1.48. The molecule has 4 nitrogen and oxygen atoms in total. The zero-order valence-corrected chi connectivity index (χ0v) is 8.88. The van der Waals surface area contributed by atoms with Gasteiger partial charge in [0.15, 0.2) is 0 Å². The van der Waals surface area contributed by atoms with Crippen LogP contribution in [0.2, 0.25) is 0 Å². The number of halogens is 3. The van der Waals surface area contributed by atoms with E-state index in [1.54, 1.807) is 0 Å². The predicted octanol–water partition coefficient (Wildman–Crippen LogP) is 1.61. The summed E-state index contributed by atoms with van der Waals surface area (Å²) in [5, 5.41) is 0. The molecule has 0 spiro atoms. The van der Waals surface area contributed by atoms with Crippen LogP contribution in [0.1, 0.15) is 19.3 Å². The maximum atomic E-state index is 11.8. The molecule has 0 saturated carbocycles. The number of carbonyl (C=O) groups excluding carboxylic acids is 2. The molecule has 7 heteroatoms. The third kappa shape index (κ3) is 3.39. The number of rotatable bonds is 4. The van der Waals surface area contributed by atoms with Gasteiger partial charge in [0.2, 0.25) is 5.91 Å². The summed E-state index contributed by atoms with van der Waals surface area (Å²) in [5.41, 5.74) is 0. The van der Waals surface area contributed by atoms with Gasteiger partial charge in [-0.05, 0) is 12.8 Å². The summed E-state index contributed by atoms with van der Waals surface area (Å²) in [6.45, 7) is 0.0796. The molecular weight excluding hydrogens is 225 g/mol. The molecular formula is C9H13F3N2O2. The Morgan fingerprint density at radius 1 is 1.25 bits per heavy atom. The Labute approximate surface area is 91.0 Å². The number of unbranched alkanes of at least 4 members (excludes halogenated alkanes) is 1. The summed E-state index contributed by atoms with van der Waals surface area (Å²) in [4.78, 5) is 24.8. The minimum atomic E-state index is -4.17. The lowest BCUT2D eigenvalue weighted by atomic mass is 10.2. The Kier molecular flexibility index (Phi) is 3.77. The van der Waals surface area contributed by atoms with Gasteiger partial charge >= 0.3 is 12.2 Å². The zero-order chi connectivity index (χ0) is 12.3. The highest BCUT2D eigenvalue weighted by Gasteiger charge is 2.33. The molecule has 0 N–H and O–H groups in total. The maximum absolute atomic E-state index is 11.8. The Bertz CT molecular complexity index is 291. The first kappa shape index (κ1) is 12.8. The van der Waals surface area contributed by atoms with E-state index in [2.05, 4.69) is 0 Å². The number of imide groups is 1. The number of alkyl halides is 3. The van der Waals surface area contributed by atoms with Crippen molar-refractivity contribution in [1.29, 1.82) is 0 Å². The first-order valence-corrected chi connectivity index (χ1v) is 4.93. The van der Waals surface area contributed by atoms with E-state index in [0.29, 0.717) is 0 Å². The van der Waals surface area contributed by atoms with Gasteiger partial charge in [0, 0.05) is 20.0 Å². The van der Waals surface area contributed by atoms with E-state index in [9.17, 15) is 22.8 Å². The van der Waals surface area contributed by atoms with Gasteiger partial charge in [-0.3, -0.25) is 9.69 Å². The average Bonchev–Trinajstić information content (AvgIpc) is 2.36. The Morgan fingerprint density at radius 3 is 2.31 bits per heavy atom. The van der Waals surface area contributed by atoms with Crippen molar-refractivity contribution >= 4 is 11.9 Å². The van der Waals surface area contributed by atoms with Crippen molar-refractivity contribution in [3.8, 4) is 0 Å². The molecule has 92 valence electrons. The van der Waals surface area contributed by atoms with Crippen LogP contribution in [-0.4, -0.2) is 48.1 Å². The van der Waals surface area contributed by atoms with Crippen LogP contribution in [0, 0.1) is 0 Å². The third-order valence-electron chi connectivity index (χ3n) is 2.32. The number of hydrogen-bond acceptors (Lipinski definition) is 2. The van der Waals surface area contributed by atoms with Crippen LogP contribution in [0.25, 0.3) is 0 Å². The minimum absolute atomic E-state index is 0.0120. The Morgan fingerprint density at radius 2 is 1.88 bits per heavy atom. The van der Waals surface area contributed by atoms with Crippen LogP contribution in [0.5, 0.6) is 0 Å². The number of amides is 3. The van der Waals surface area contributed by atoms with Gasteiger partial charge in [-0.15, -0.1) is 0 Å². The molecule has 1 aliphatic rings. The molecule has 1 rings (SSSR count). The molecule has 1 saturated heterocycles. The van der Waals surface area contributed by atoms with Crippen LogP contribution >= 0.6 is 0 Å². The molecule has 0 bridgehead atoms. The van der Waals surface area contributed by atoms with Crippen LogP contribution in [0.3, 0.4) is 0 Å². The fourth-order valence-electron chi connectivity index (χ4n) is 1.48. The molecule has 0 aromatic carbocycles. The standard InChI is InChI=1S/C9H13F3N2O2/c1-13-6-7(15)14(8(13)16)5-3-2-4-9(10,11)12/h2-6H2,1H3. The van der Waals surface area contributed by atoms with Crippen molar-refractivity contribution in [2.45, 2.75) is 25.4 Å². The molecule has 3 amide bonds. The smallest absolute Gasteiger partial charge is 0.318 e. The van der Waals surface area contributed by atoms with Gasteiger partial charge < -0.3 is 4.90 Å². The molecule has 1 fully saturated rings. The van der Waals surface area contributed by atoms with Gasteiger partial charge in [-0.2, -0.15) is 13.2 Å². The lowest BCUT2D eigenvalue weighted by Crippen LogP contribution is -2.32. The molecule has 0 aromatic heterocycles. The molecule has 0 aliphatic carbocycles. The van der Waals surface area contributed by atoms with E-state index in [1.165, 1.54) is 11.9 Å². The number of carbonyl (C=O) groups is 2. The molecule has 0 aromatic rings. The first-order valence-electron chi connectivity index (χ1n) is 4.93. The predicted molar refractivity (Wildman–Crippen MR) is 49.6 cm³/mol. The van der Waals surface area contributed by atoms with Gasteiger partial charge in [-0.1, -0.05) is 0 Å². The second-order valence-electron chi connectivity index (χ2n) is 3.76. The van der Waals surface area contributed by atoms with Crippen molar-refractivity contribution in [1.82, 2.24) is 9.80 Å². The maximum Gasteiger partial charge on any atom is 0.389 e. The molecule has 0 atom stereocenters. The number of nitrogens with zero attached hydrogens (tertiary/aromatic N) is 2. The van der Waals surface area contributed by atoms with Crippen molar-refractivity contribution in [2.24, 2.45) is 0 Å². The molecule has 16 heavy (non-hydrogen) atoms. The Hall–Kier alpha value is -1.27. The van der Waals surface area contributed by atoms with Gasteiger partial charge in [-0.25, -0.2) is 4.79 Å². The topological polar surface area (TPSA) is 40.6 Å².